The highest BCUT2D eigenvalue weighted by atomic mass is 79.9. The van der Waals surface area contributed by atoms with Crippen molar-refractivity contribution in [2.45, 2.75) is 0 Å². The van der Waals surface area contributed by atoms with Crippen LogP contribution in [0.1, 0.15) is 16.7 Å². The van der Waals surface area contributed by atoms with Crippen LogP contribution in [0.5, 0.6) is 0 Å². The van der Waals surface area contributed by atoms with Crippen molar-refractivity contribution in [3.8, 4) is 40.2 Å². The number of aromatic nitrogens is 1. The van der Waals surface area contributed by atoms with Crippen LogP contribution < -0.4 is 10.2 Å². The molecule has 0 unspecified atom stereocenters. The summed E-state index contributed by atoms with van der Waals surface area (Å²) >= 11 is 3.50. The molecule has 0 saturated carbocycles. The van der Waals surface area contributed by atoms with Gasteiger partial charge in [-0.2, -0.15) is 10.5 Å². The van der Waals surface area contributed by atoms with Crippen LogP contribution >= 0.6 is 15.9 Å². The van der Waals surface area contributed by atoms with E-state index in [0.29, 0.717) is 11.1 Å². The summed E-state index contributed by atoms with van der Waals surface area (Å²) in [5.74, 6) is 0. The van der Waals surface area contributed by atoms with Gasteiger partial charge in [-0.25, -0.2) is 0 Å². The van der Waals surface area contributed by atoms with Crippen LogP contribution in [0.4, 0.5) is 28.4 Å². The summed E-state index contributed by atoms with van der Waals surface area (Å²) in [7, 11) is 0. The largest absolute Gasteiger partial charge is 0.356 e. The van der Waals surface area contributed by atoms with Crippen molar-refractivity contribution < 1.29 is 0 Å². The van der Waals surface area contributed by atoms with Crippen molar-refractivity contribution in [2.24, 2.45) is 0 Å². The average Bonchev–Trinajstić information content (AvgIpc) is 3.93. The van der Waals surface area contributed by atoms with Crippen molar-refractivity contribution in [1.29, 1.82) is 10.5 Å². The van der Waals surface area contributed by atoms with Crippen LogP contribution in [0.15, 0.2) is 290 Å². The Kier molecular flexibility index (Phi) is 14.8. The first kappa shape index (κ1) is 49.9. The van der Waals surface area contributed by atoms with Crippen LogP contribution in [-0.2, 0) is 0 Å². The molecule has 1 heterocycles. The van der Waals surface area contributed by atoms with Gasteiger partial charge in [0.2, 0.25) is 0 Å². The Balaban J connectivity index is 0.000000129. The molecular weight excluding hydrogens is 1010 g/mol. The second-order valence-corrected chi connectivity index (χ2v) is 19.6. The Hall–Kier alpha value is -10.2. The molecule has 13 rings (SSSR count). The maximum Gasteiger partial charge on any atom is 0.0991 e. The van der Waals surface area contributed by atoms with Gasteiger partial charge in [-0.1, -0.05) is 192 Å². The van der Waals surface area contributed by atoms with Gasteiger partial charge in [0.05, 0.1) is 40.2 Å². The van der Waals surface area contributed by atoms with E-state index >= 15 is 0 Å². The van der Waals surface area contributed by atoms with E-state index in [2.05, 4.69) is 256 Å². The quantitative estimate of drug-likeness (QED) is 0.156. The molecule has 0 fully saturated rings. The Bertz CT molecular complexity index is 4320. The van der Waals surface area contributed by atoms with Crippen molar-refractivity contribution in [3.63, 3.8) is 0 Å². The van der Waals surface area contributed by atoms with Crippen molar-refractivity contribution >= 4 is 93.7 Å². The topological polar surface area (TPSA) is 67.8 Å². The fourth-order valence-electron chi connectivity index (χ4n) is 9.96. The molecule has 13 aromatic rings. The van der Waals surface area contributed by atoms with E-state index in [4.69, 9.17) is 10.5 Å². The van der Waals surface area contributed by atoms with Crippen LogP contribution in [0.3, 0.4) is 0 Å². The molecule has 5 nitrogen and oxygen atoms in total. The summed E-state index contributed by atoms with van der Waals surface area (Å²) in [5.41, 5.74) is 14.9. The Labute approximate surface area is 463 Å². The minimum absolute atomic E-state index is 0.656. The normalized spacial score (nSPS) is 10.7. The molecule has 78 heavy (non-hydrogen) atoms. The maximum atomic E-state index is 9.08. The predicted molar refractivity (Wildman–Crippen MR) is 331 cm³/mol. The Morgan fingerprint density at radius 3 is 1.58 bits per heavy atom. The molecule has 0 aliphatic carbocycles. The highest BCUT2D eigenvalue weighted by molar-refractivity contribution is 9.10. The molecule has 370 valence electrons. The van der Waals surface area contributed by atoms with E-state index < -0.39 is 0 Å². The zero-order valence-electron chi connectivity index (χ0n) is 42.5. The molecule has 0 aliphatic heterocycles. The number of nitrogens with zero attached hydrogens (tertiary/aromatic N) is 4. The maximum absolute atomic E-state index is 9.08. The van der Waals surface area contributed by atoms with Gasteiger partial charge in [0, 0.05) is 49.2 Å². The number of halogens is 1. The lowest BCUT2D eigenvalue weighted by Crippen LogP contribution is -2.09. The van der Waals surface area contributed by atoms with E-state index in [1.165, 1.54) is 71.3 Å². The number of hydrogen-bond acceptors (Lipinski definition) is 4. The van der Waals surface area contributed by atoms with Crippen LogP contribution in [-0.4, -0.2) is 4.57 Å². The predicted octanol–water partition coefficient (Wildman–Crippen LogP) is 20.2. The standard InChI is InChI=1S/C32H23N.C23H15BrN2.C17H12N2/c1-2-23-20-21-30-28(22-23)31(25-13-5-3-6-14-25)32(26-15-7-4-8-16-26)33(30)29-19-11-17-24-12-9-10-18-27(24)29;24-20-8-13-22(14-9-20)26(21-10-5-17(16-25)6-11-21)23-12-7-18-3-1-2-4-19(18)15-23;18-12-13-5-8-16(9-6-13)19-17-10-7-14-3-1-2-4-15(14)11-17/h2-22H,1H2;1-15H;1-11,19H. The first-order chi connectivity index (χ1) is 38.4. The lowest BCUT2D eigenvalue weighted by atomic mass is 9.97. The smallest absolute Gasteiger partial charge is 0.0991 e. The summed E-state index contributed by atoms with van der Waals surface area (Å²) in [4.78, 5) is 2.19. The average molecular weight is 1070 g/mol. The summed E-state index contributed by atoms with van der Waals surface area (Å²) in [6.45, 7) is 4.02. The highest BCUT2D eigenvalue weighted by Gasteiger charge is 2.22. The van der Waals surface area contributed by atoms with Gasteiger partial charge >= 0.3 is 0 Å². The first-order valence-electron chi connectivity index (χ1n) is 25.7. The Morgan fingerprint density at radius 2 is 0.936 bits per heavy atom. The van der Waals surface area contributed by atoms with Gasteiger partial charge in [-0.3, -0.25) is 0 Å². The number of anilines is 5. The van der Waals surface area contributed by atoms with Gasteiger partial charge in [-0.05, 0) is 159 Å². The number of fused-ring (bicyclic) bond motifs is 4. The summed E-state index contributed by atoms with van der Waals surface area (Å²) in [6, 6.07) is 100. The van der Waals surface area contributed by atoms with Crippen LogP contribution in [0.2, 0.25) is 0 Å². The van der Waals surface area contributed by atoms with Crippen LogP contribution in [0, 0.1) is 22.7 Å². The molecule has 0 spiro atoms. The minimum Gasteiger partial charge on any atom is -0.356 e. The molecule has 1 N–H and O–H groups in total. The zero-order valence-corrected chi connectivity index (χ0v) is 44.1. The molecule has 1 aromatic heterocycles. The first-order valence-corrected chi connectivity index (χ1v) is 26.4. The molecule has 6 heteroatoms. The molecular formula is C72H50BrN5. The number of rotatable bonds is 9. The van der Waals surface area contributed by atoms with Gasteiger partial charge in [0.15, 0.2) is 0 Å². The summed E-state index contributed by atoms with van der Waals surface area (Å²) in [6.07, 6.45) is 1.92. The van der Waals surface area contributed by atoms with Gasteiger partial charge < -0.3 is 14.8 Å². The van der Waals surface area contributed by atoms with E-state index in [9.17, 15) is 0 Å². The fraction of sp³-hybridized carbons (Fsp3) is 0. The summed E-state index contributed by atoms with van der Waals surface area (Å²) < 4.78 is 3.47. The number of benzene rings is 12. The number of nitrogens with one attached hydrogen (secondary N) is 1. The molecule has 0 bridgehead atoms. The molecule has 0 saturated heterocycles. The molecule has 0 radical (unpaired) electrons. The monoisotopic (exact) mass is 1060 g/mol. The third-order valence-electron chi connectivity index (χ3n) is 13.7. The lowest BCUT2D eigenvalue weighted by molar-refractivity contribution is 1.15. The molecule has 0 atom stereocenters. The summed E-state index contributed by atoms with van der Waals surface area (Å²) in [5, 5.41) is 29.7. The second kappa shape index (κ2) is 23.1. The third kappa shape index (κ3) is 10.8. The molecule has 0 amide bonds. The third-order valence-corrected chi connectivity index (χ3v) is 14.3. The van der Waals surface area contributed by atoms with Gasteiger partial charge in [0.25, 0.3) is 0 Å². The van der Waals surface area contributed by atoms with Crippen molar-refractivity contribution in [1.82, 2.24) is 4.57 Å². The Morgan fingerprint density at radius 1 is 0.423 bits per heavy atom. The van der Waals surface area contributed by atoms with Crippen LogP contribution in [0.25, 0.3) is 77.4 Å². The highest BCUT2D eigenvalue weighted by Crippen LogP contribution is 2.44. The number of nitriles is 2. The SMILES string of the molecule is C=Cc1ccc2c(c1)c(-c1ccccc1)c(-c1ccccc1)n2-c1cccc2ccccc12.N#Cc1ccc(N(c2ccc(Br)cc2)c2ccc3ccccc3c2)cc1.N#Cc1ccc(Nc2ccc3ccccc3c2)cc1. The molecule has 12 aromatic carbocycles. The van der Waals surface area contributed by atoms with Gasteiger partial charge in [0.1, 0.15) is 0 Å². The minimum atomic E-state index is 0.656. The van der Waals surface area contributed by atoms with E-state index in [0.717, 1.165) is 38.5 Å². The molecule has 0 aliphatic rings. The van der Waals surface area contributed by atoms with E-state index in [1.54, 1.807) is 0 Å². The van der Waals surface area contributed by atoms with E-state index in [-0.39, 0.29) is 0 Å². The second-order valence-electron chi connectivity index (χ2n) is 18.6. The number of hydrogen-bond donors (Lipinski definition) is 1. The zero-order chi connectivity index (χ0) is 53.2. The van der Waals surface area contributed by atoms with Gasteiger partial charge in [-0.15, -0.1) is 0 Å². The fourth-order valence-corrected chi connectivity index (χ4v) is 10.2. The lowest BCUT2D eigenvalue weighted by Gasteiger charge is -2.26. The van der Waals surface area contributed by atoms with Crippen molar-refractivity contribution in [3.05, 3.63) is 307 Å². The van der Waals surface area contributed by atoms with Crippen molar-refractivity contribution in [2.75, 3.05) is 10.2 Å². The van der Waals surface area contributed by atoms with E-state index in [1.807, 2.05) is 78.9 Å².